The molecule has 1 unspecified atom stereocenters. The van der Waals surface area contributed by atoms with E-state index in [0.29, 0.717) is 19.0 Å². The highest BCUT2D eigenvalue weighted by Gasteiger charge is 2.35. The number of carbonyl (C=O) groups excluding carboxylic acids is 1. The molecule has 2 aliphatic rings. The van der Waals surface area contributed by atoms with Crippen LogP contribution >= 0.6 is 0 Å². The second-order valence-electron chi connectivity index (χ2n) is 5.86. The number of hydrogen-bond acceptors (Lipinski definition) is 3. The van der Waals surface area contributed by atoms with Crippen LogP contribution in [0.5, 0.6) is 0 Å². The Labute approximate surface area is 116 Å². The number of amides is 1. The number of hydrogen-bond donors (Lipinski definition) is 0. The van der Waals surface area contributed by atoms with Gasteiger partial charge in [0.1, 0.15) is 0 Å². The molecular formula is C15H25N3O. The Hall–Kier alpha value is -1.08. The van der Waals surface area contributed by atoms with Crippen molar-refractivity contribution < 1.29 is 4.79 Å². The lowest BCUT2D eigenvalue weighted by Crippen LogP contribution is -2.45. The topological polar surface area (TPSA) is 47.3 Å². The van der Waals surface area contributed by atoms with Crippen LogP contribution in [0.3, 0.4) is 0 Å². The molecule has 2 fully saturated rings. The normalized spacial score (nSPS) is 25.8. The van der Waals surface area contributed by atoms with Gasteiger partial charge in [0, 0.05) is 32.1 Å². The van der Waals surface area contributed by atoms with Gasteiger partial charge in [-0.1, -0.05) is 19.8 Å². The molecule has 0 aromatic carbocycles. The molecule has 2 rings (SSSR count). The molecule has 0 N–H and O–H groups in total. The summed E-state index contributed by atoms with van der Waals surface area (Å²) in [5, 5.41) is 8.93. The van der Waals surface area contributed by atoms with Gasteiger partial charge in [0.25, 0.3) is 0 Å². The smallest absolute Gasteiger partial charge is 0.224 e. The van der Waals surface area contributed by atoms with Crippen molar-refractivity contribution in [2.24, 2.45) is 5.92 Å². The van der Waals surface area contributed by atoms with Crippen LogP contribution in [0.25, 0.3) is 0 Å². The molecule has 0 aromatic rings. The van der Waals surface area contributed by atoms with E-state index in [9.17, 15) is 4.79 Å². The molecule has 0 aromatic heterocycles. The van der Waals surface area contributed by atoms with Gasteiger partial charge < -0.3 is 9.80 Å². The minimum Gasteiger partial charge on any atom is -0.338 e. The average molecular weight is 263 g/mol. The van der Waals surface area contributed by atoms with Crippen molar-refractivity contribution in [3.05, 3.63) is 0 Å². The maximum absolute atomic E-state index is 11.9. The molecule has 106 valence electrons. The molecular weight excluding hydrogens is 238 g/mol. The standard InChI is InChI=1S/C15H25N3O/c1-2-3-4-7-17-8-5-14(6-9-17)18-12-13(11-16)10-15(18)19/h13-14H,2-10,12H2,1H3. The molecule has 2 heterocycles. The summed E-state index contributed by atoms with van der Waals surface area (Å²) < 4.78 is 0. The highest BCUT2D eigenvalue weighted by Crippen LogP contribution is 2.25. The number of nitriles is 1. The third kappa shape index (κ3) is 3.70. The lowest BCUT2D eigenvalue weighted by Gasteiger charge is -2.36. The zero-order valence-electron chi connectivity index (χ0n) is 12.0. The molecule has 0 spiro atoms. The van der Waals surface area contributed by atoms with Crippen LogP contribution < -0.4 is 0 Å². The summed E-state index contributed by atoms with van der Waals surface area (Å²) in [5.41, 5.74) is 0. The minimum atomic E-state index is -0.0740. The monoisotopic (exact) mass is 263 g/mol. The quantitative estimate of drug-likeness (QED) is 0.713. The summed E-state index contributed by atoms with van der Waals surface area (Å²) in [4.78, 5) is 16.4. The molecule has 2 saturated heterocycles. The molecule has 0 saturated carbocycles. The molecule has 19 heavy (non-hydrogen) atoms. The maximum atomic E-state index is 11.9. The summed E-state index contributed by atoms with van der Waals surface area (Å²) in [7, 11) is 0. The lowest BCUT2D eigenvalue weighted by atomic mass is 10.0. The first-order valence-corrected chi connectivity index (χ1v) is 7.66. The summed E-state index contributed by atoms with van der Waals surface area (Å²) in [6, 6.07) is 2.62. The van der Waals surface area contributed by atoms with E-state index < -0.39 is 0 Å². The molecule has 0 bridgehead atoms. The first-order chi connectivity index (χ1) is 9.24. The summed E-state index contributed by atoms with van der Waals surface area (Å²) >= 11 is 0. The summed E-state index contributed by atoms with van der Waals surface area (Å²) in [6.45, 7) is 6.31. The first kappa shape index (κ1) is 14.3. The SMILES string of the molecule is CCCCCN1CCC(N2CC(C#N)CC2=O)CC1. The zero-order valence-corrected chi connectivity index (χ0v) is 12.0. The van der Waals surface area contributed by atoms with Gasteiger partial charge in [-0.15, -0.1) is 0 Å². The van der Waals surface area contributed by atoms with Gasteiger partial charge in [0.05, 0.1) is 12.0 Å². The van der Waals surface area contributed by atoms with E-state index in [1.54, 1.807) is 0 Å². The van der Waals surface area contributed by atoms with E-state index in [4.69, 9.17) is 5.26 Å². The first-order valence-electron chi connectivity index (χ1n) is 7.66. The number of likely N-dealkylation sites (tertiary alicyclic amines) is 2. The van der Waals surface area contributed by atoms with E-state index in [-0.39, 0.29) is 11.8 Å². The van der Waals surface area contributed by atoms with Crippen LogP contribution in [0.15, 0.2) is 0 Å². The molecule has 0 radical (unpaired) electrons. The number of unbranched alkanes of at least 4 members (excludes halogenated alkanes) is 2. The summed E-state index contributed by atoms with van der Waals surface area (Å²) in [6.07, 6.45) is 6.47. The van der Waals surface area contributed by atoms with E-state index >= 15 is 0 Å². The van der Waals surface area contributed by atoms with Crippen LogP contribution in [0.2, 0.25) is 0 Å². The Morgan fingerprint density at radius 1 is 1.32 bits per heavy atom. The van der Waals surface area contributed by atoms with Crippen molar-refractivity contribution in [2.45, 2.75) is 51.5 Å². The number of nitrogens with zero attached hydrogens (tertiary/aromatic N) is 3. The second kappa shape index (κ2) is 6.91. The van der Waals surface area contributed by atoms with E-state index in [0.717, 1.165) is 25.9 Å². The fraction of sp³-hybridized carbons (Fsp3) is 0.867. The van der Waals surface area contributed by atoms with Crippen LogP contribution in [-0.2, 0) is 4.79 Å². The highest BCUT2D eigenvalue weighted by atomic mass is 16.2. The molecule has 2 aliphatic heterocycles. The lowest BCUT2D eigenvalue weighted by molar-refractivity contribution is -0.130. The van der Waals surface area contributed by atoms with Gasteiger partial charge >= 0.3 is 0 Å². The van der Waals surface area contributed by atoms with Gasteiger partial charge in [-0.3, -0.25) is 4.79 Å². The molecule has 4 nitrogen and oxygen atoms in total. The van der Waals surface area contributed by atoms with Gasteiger partial charge in [-0.05, 0) is 25.8 Å². The van der Waals surface area contributed by atoms with Crippen molar-refractivity contribution in [2.75, 3.05) is 26.2 Å². The fourth-order valence-electron chi connectivity index (χ4n) is 3.21. The van der Waals surface area contributed by atoms with Crippen molar-refractivity contribution >= 4 is 5.91 Å². The van der Waals surface area contributed by atoms with Crippen molar-refractivity contribution in [1.29, 1.82) is 5.26 Å². The fourth-order valence-corrected chi connectivity index (χ4v) is 3.21. The maximum Gasteiger partial charge on any atom is 0.224 e. The van der Waals surface area contributed by atoms with E-state index in [1.165, 1.54) is 25.8 Å². The Balaban J connectivity index is 1.74. The van der Waals surface area contributed by atoms with E-state index in [1.807, 2.05) is 4.90 Å². The Kier molecular flexibility index (Phi) is 5.21. The second-order valence-corrected chi connectivity index (χ2v) is 5.86. The third-order valence-corrected chi connectivity index (χ3v) is 4.42. The van der Waals surface area contributed by atoms with Gasteiger partial charge in [0.2, 0.25) is 5.91 Å². The summed E-state index contributed by atoms with van der Waals surface area (Å²) in [5.74, 6) is 0.117. The average Bonchev–Trinajstić information content (AvgIpc) is 2.81. The van der Waals surface area contributed by atoms with Crippen LogP contribution in [0.1, 0.15) is 45.4 Å². The molecule has 4 heteroatoms. The van der Waals surface area contributed by atoms with Crippen LogP contribution in [0.4, 0.5) is 0 Å². The number of piperidine rings is 1. The predicted octanol–water partition coefficient (Wildman–Crippen LogP) is 2.01. The molecule has 1 atom stereocenters. The predicted molar refractivity (Wildman–Crippen MR) is 74.4 cm³/mol. The van der Waals surface area contributed by atoms with Gasteiger partial charge in [-0.25, -0.2) is 0 Å². The molecule has 1 amide bonds. The minimum absolute atomic E-state index is 0.0740. The number of carbonyl (C=O) groups is 1. The Morgan fingerprint density at radius 3 is 2.63 bits per heavy atom. The largest absolute Gasteiger partial charge is 0.338 e. The van der Waals surface area contributed by atoms with Gasteiger partial charge in [-0.2, -0.15) is 5.26 Å². The van der Waals surface area contributed by atoms with Crippen molar-refractivity contribution in [3.8, 4) is 6.07 Å². The van der Waals surface area contributed by atoms with Crippen LogP contribution in [-0.4, -0.2) is 47.9 Å². The van der Waals surface area contributed by atoms with E-state index in [2.05, 4.69) is 17.9 Å². The zero-order chi connectivity index (χ0) is 13.7. The molecule has 0 aliphatic carbocycles. The van der Waals surface area contributed by atoms with Crippen molar-refractivity contribution in [1.82, 2.24) is 9.80 Å². The Bertz CT molecular complexity index is 342. The van der Waals surface area contributed by atoms with Crippen molar-refractivity contribution in [3.63, 3.8) is 0 Å². The van der Waals surface area contributed by atoms with Gasteiger partial charge in [0.15, 0.2) is 0 Å². The van der Waals surface area contributed by atoms with Crippen LogP contribution in [0, 0.1) is 17.2 Å². The highest BCUT2D eigenvalue weighted by molar-refractivity contribution is 5.79. The number of rotatable bonds is 5. The third-order valence-electron chi connectivity index (χ3n) is 4.42. The Morgan fingerprint density at radius 2 is 2.05 bits per heavy atom.